The van der Waals surface area contributed by atoms with Crippen molar-refractivity contribution in [1.29, 1.82) is 0 Å². The van der Waals surface area contributed by atoms with E-state index in [0.717, 1.165) is 5.56 Å². The van der Waals surface area contributed by atoms with Crippen LogP contribution >= 0.6 is 0 Å². The molecule has 26 heavy (non-hydrogen) atoms. The highest BCUT2D eigenvalue weighted by Gasteiger charge is 2.21. The van der Waals surface area contributed by atoms with E-state index in [9.17, 15) is 9.59 Å². The Balaban J connectivity index is 2.03. The van der Waals surface area contributed by atoms with Gasteiger partial charge >= 0.3 is 5.69 Å². The number of pyridine rings is 1. The predicted octanol–water partition coefficient (Wildman–Crippen LogP) is 1.82. The fourth-order valence-corrected chi connectivity index (χ4v) is 3.06. The van der Waals surface area contributed by atoms with Crippen molar-refractivity contribution in [2.45, 2.75) is 6.54 Å². The number of nitrogens with one attached hydrogen (secondary N) is 2. The molecular formula is C19H16N3O4+. The average molecular weight is 350 g/mol. The second-order valence-corrected chi connectivity index (χ2v) is 5.74. The maximum atomic E-state index is 12.6. The van der Waals surface area contributed by atoms with Gasteiger partial charge in [-0.15, -0.1) is 0 Å². The molecule has 7 heteroatoms. The number of benzene rings is 1. The maximum absolute atomic E-state index is 12.6. The molecule has 130 valence electrons. The lowest BCUT2D eigenvalue weighted by Gasteiger charge is -2.09. The van der Waals surface area contributed by atoms with Gasteiger partial charge in [0.15, 0.2) is 6.54 Å². The predicted molar refractivity (Wildman–Crippen MR) is 95.2 cm³/mol. The average Bonchev–Trinajstić information content (AvgIpc) is 3.17. The molecule has 0 fully saturated rings. The smallest absolute Gasteiger partial charge is 0.416 e. The van der Waals surface area contributed by atoms with Gasteiger partial charge in [-0.2, -0.15) is 4.57 Å². The van der Waals surface area contributed by atoms with Crippen LogP contribution in [0.1, 0.15) is 5.76 Å². The first-order valence-electron chi connectivity index (χ1n) is 8.02. The summed E-state index contributed by atoms with van der Waals surface area (Å²) in [6, 6.07) is 12.7. The first kappa shape index (κ1) is 15.9. The molecule has 0 spiro atoms. The molecule has 0 unspecified atom stereocenters. The second-order valence-electron chi connectivity index (χ2n) is 5.74. The molecular weight excluding hydrogens is 334 g/mol. The van der Waals surface area contributed by atoms with E-state index in [-0.39, 0.29) is 6.54 Å². The van der Waals surface area contributed by atoms with Gasteiger partial charge in [-0.1, -0.05) is 18.2 Å². The normalized spacial score (nSPS) is 11.0. The van der Waals surface area contributed by atoms with Crippen molar-refractivity contribution in [2.75, 3.05) is 7.11 Å². The Labute approximate surface area is 147 Å². The number of nitrogens with zero attached hydrogens (tertiary/aromatic N) is 1. The molecule has 0 atom stereocenters. The zero-order valence-corrected chi connectivity index (χ0v) is 14.0. The summed E-state index contributed by atoms with van der Waals surface area (Å²) < 4.78 is 12.2. The molecule has 0 saturated carbocycles. The van der Waals surface area contributed by atoms with Gasteiger partial charge in [-0.05, 0) is 24.3 Å². The van der Waals surface area contributed by atoms with Crippen molar-refractivity contribution >= 4 is 11.0 Å². The number of aromatic amines is 2. The largest absolute Gasteiger partial charge is 0.496 e. The van der Waals surface area contributed by atoms with Gasteiger partial charge in [0.25, 0.3) is 11.2 Å². The monoisotopic (exact) mass is 350 g/mol. The number of para-hydroxylation sites is 1. The molecule has 0 aliphatic heterocycles. The van der Waals surface area contributed by atoms with E-state index in [1.807, 2.05) is 24.3 Å². The molecule has 3 heterocycles. The lowest BCUT2D eigenvalue weighted by molar-refractivity contribution is -0.349. The Hall–Kier alpha value is -3.61. The highest BCUT2D eigenvalue weighted by molar-refractivity contribution is 5.92. The highest BCUT2D eigenvalue weighted by atomic mass is 16.5. The SMILES string of the molecule is COc1ccccc1-c1cc[nH+]c2c1c(=O)[nH]c(=O)n2Cc1ccco1. The van der Waals surface area contributed by atoms with Crippen LogP contribution in [-0.2, 0) is 6.54 Å². The Kier molecular flexibility index (Phi) is 3.89. The molecule has 0 radical (unpaired) electrons. The Morgan fingerprint density at radius 2 is 1.96 bits per heavy atom. The molecule has 1 aromatic carbocycles. The number of aromatic nitrogens is 3. The van der Waals surface area contributed by atoms with Crippen molar-refractivity contribution in [3.05, 3.63) is 81.5 Å². The van der Waals surface area contributed by atoms with Gasteiger partial charge < -0.3 is 9.15 Å². The molecule has 4 aromatic rings. The zero-order chi connectivity index (χ0) is 18.1. The van der Waals surface area contributed by atoms with E-state index in [1.54, 1.807) is 31.5 Å². The molecule has 0 aliphatic carbocycles. The van der Waals surface area contributed by atoms with Gasteiger partial charge in [0, 0.05) is 11.1 Å². The quantitative estimate of drug-likeness (QED) is 0.608. The molecule has 7 nitrogen and oxygen atoms in total. The second kappa shape index (κ2) is 6.36. The minimum Gasteiger partial charge on any atom is -0.496 e. The van der Waals surface area contributed by atoms with Crippen LogP contribution in [0.2, 0.25) is 0 Å². The number of H-pyrrole nitrogens is 2. The summed E-state index contributed by atoms with van der Waals surface area (Å²) in [5, 5.41) is 0.378. The van der Waals surface area contributed by atoms with Gasteiger partial charge in [0.1, 0.15) is 16.9 Å². The number of rotatable bonds is 4. The molecule has 2 N–H and O–H groups in total. The Bertz CT molecular complexity index is 1190. The molecule has 0 saturated heterocycles. The van der Waals surface area contributed by atoms with Crippen molar-refractivity contribution in [3.8, 4) is 16.9 Å². The van der Waals surface area contributed by atoms with Crippen LogP contribution in [-0.4, -0.2) is 16.7 Å². The van der Waals surface area contributed by atoms with E-state index < -0.39 is 11.2 Å². The third-order valence-electron chi connectivity index (χ3n) is 4.23. The van der Waals surface area contributed by atoms with Crippen LogP contribution in [0.3, 0.4) is 0 Å². The summed E-state index contributed by atoms with van der Waals surface area (Å²) in [6.45, 7) is 0.199. The molecule has 0 bridgehead atoms. The Morgan fingerprint density at radius 1 is 1.12 bits per heavy atom. The lowest BCUT2D eigenvalue weighted by Crippen LogP contribution is -2.34. The number of furan rings is 1. The number of methoxy groups -OCH3 is 1. The number of ether oxygens (including phenoxy) is 1. The van der Waals surface area contributed by atoms with Gasteiger partial charge in [0.05, 0.1) is 19.6 Å². The topological polar surface area (TPSA) is 91.4 Å². The summed E-state index contributed by atoms with van der Waals surface area (Å²) in [5.74, 6) is 1.25. The summed E-state index contributed by atoms with van der Waals surface area (Å²) in [6.07, 6.45) is 3.24. The van der Waals surface area contributed by atoms with Crippen molar-refractivity contribution in [2.24, 2.45) is 0 Å². The summed E-state index contributed by atoms with van der Waals surface area (Å²) >= 11 is 0. The molecule has 3 aromatic heterocycles. The van der Waals surface area contributed by atoms with Crippen LogP contribution in [0.4, 0.5) is 0 Å². The fourth-order valence-electron chi connectivity index (χ4n) is 3.06. The van der Waals surface area contributed by atoms with E-state index in [0.29, 0.717) is 28.1 Å². The van der Waals surface area contributed by atoms with Gasteiger partial charge in [-0.3, -0.25) is 9.78 Å². The van der Waals surface area contributed by atoms with Crippen LogP contribution < -0.4 is 21.0 Å². The first-order chi connectivity index (χ1) is 12.7. The van der Waals surface area contributed by atoms with Gasteiger partial charge in [-0.25, -0.2) is 9.78 Å². The number of hydrogen-bond donors (Lipinski definition) is 1. The number of hydrogen-bond acceptors (Lipinski definition) is 4. The number of fused-ring (bicyclic) bond motifs is 1. The van der Waals surface area contributed by atoms with Crippen LogP contribution in [0.25, 0.3) is 22.2 Å². The third kappa shape index (κ3) is 2.59. The van der Waals surface area contributed by atoms with Crippen molar-refractivity contribution < 1.29 is 14.1 Å². The van der Waals surface area contributed by atoms with E-state index in [1.165, 1.54) is 10.8 Å². The van der Waals surface area contributed by atoms with E-state index in [4.69, 9.17) is 9.15 Å². The minimum atomic E-state index is -0.507. The zero-order valence-electron chi connectivity index (χ0n) is 14.0. The Morgan fingerprint density at radius 3 is 2.73 bits per heavy atom. The fraction of sp³-hybridized carbons (Fsp3) is 0.105. The standard InChI is InChI=1S/C19H15N3O4/c1-25-15-7-3-2-6-13(15)14-8-9-20-17-16(14)18(23)21-19(24)22(17)11-12-5-4-10-26-12/h2-10H,11H2,1H3,(H,21,23,24)/p+1. The van der Waals surface area contributed by atoms with E-state index >= 15 is 0 Å². The minimum absolute atomic E-state index is 0.199. The molecule has 0 aliphatic rings. The van der Waals surface area contributed by atoms with E-state index in [2.05, 4.69) is 9.97 Å². The molecule has 0 amide bonds. The molecule has 4 rings (SSSR count). The first-order valence-corrected chi connectivity index (χ1v) is 8.02. The summed E-state index contributed by atoms with van der Waals surface area (Å²) in [5.41, 5.74) is 0.887. The third-order valence-corrected chi connectivity index (χ3v) is 4.23. The van der Waals surface area contributed by atoms with Crippen LogP contribution in [0, 0.1) is 0 Å². The summed E-state index contributed by atoms with van der Waals surface area (Å²) in [7, 11) is 1.58. The summed E-state index contributed by atoms with van der Waals surface area (Å²) in [4.78, 5) is 30.4. The van der Waals surface area contributed by atoms with Crippen LogP contribution in [0.15, 0.2) is 68.9 Å². The van der Waals surface area contributed by atoms with Crippen LogP contribution in [0.5, 0.6) is 5.75 Å². The highest BCUT2D eigenvalue weighted by Crippen LogP contribution is 2.31. The lowest BCUT2D eigenvalue weighted by atomic mass is 10.0. The van der Waals surface area contributed by atoms with Crippen molar-refractivity contribution in [3.63, 3.8) is 0 Å². The van der Waals surface area contributed by atoms with Gasteiger partial charge in [0.2, 0.25) is 0 Å². The van der Waals surface area contributed by atoms with Crippen molar-refractivity contribution in [1.82, 2.24) is 9.55 Å². The maximum Gasteiger partial charge on any atom is 0.416 e.